The number of quaternary nitrogens is 1. The van der Waals surface area contributed by atoms with Gasteiger partial charge in [0.1, 0.15) is 6.61 Å². The molecule has 0 spiro atoms. The van der Waals surface area contributed by atoms with Gasteiger partial charge in [0.25, 0.3) is 0 Å². The molecule has 8 heteroatoms. The van der Waals surface area contributed by atoms with Crippen molar-refractivity contribution in [1.82, 2.24) is 0 Å². The molecule has 0 saturated carbocycles. The van der Waals surface area contributed by atoms with Crippen LogP contribution in [0.15, 0.2) is 85.1 Å². The molecular weight excluding hydrogens is 763 g/mol. The third kappa shape index (κ3) is 41.6. The predicted molar refractivity (Wildman–Crippen MR) is 256 cm³/mol. The number of carboxylic acids is 1. The number of unbranched alkanes of at least 4 members (excludes halogenated alkanes) is 14. The Morgan fingerprint density at radius 1 is 0.508 bits per heavy atom. The Bertz CT molecular complexity index is 1270. The zero-order valence-corrected chi connectivity index (χ0v) is 39.6. The molecule has 2 unspecified atom stereocenters. The van der Waals surface area contributed by atoms with Crippen molar-refractivity contribution in [3.8, 4) is 0 Å². The van der Waals surface area contributed by atoms with Crippen molar-refractivity contribution in [3.05, 3.63) is 85.1 Å². The first-order chi connectivity index (χ1) is 29.6. The third-order valence-electron chi connectivity index (χ3n) is 10.3. The topological polar surface area (TPSA) is 99.1 Å². The monoisotopic (exact) mass is 853 g/mol. The number of nitrogens with zero attached hydrogens (tertiary/aromatic N) is 1. The van der Waals surface area contributed by atoms with Crippen LogP contribution >= 0.6 is 0 Å². The van der Waals surface area contributed by atoms with Gasteiger partial charge in [-0.15, -0.1) is 0 Å². The molecule has 0 fully saturated rings. The lowest BCUT2D eigenvalue weighted by Crippen LogP contribution is -2.50. The number of carboxylic acid groups (broad SMARTS) is 1. The highest BCUT2D eigenvalue weighted by molar-refractivity contribution is 5.72. The second-order valence-electron chi connectivity index (χ2n) is 17.0. The minimum Gasteiger partial charge on any atom is -0.477 e. The van der Waals surface area contributed by atoms with Gasteiger partial charge in [0, 0.05) is 19.3 Å². The summed E-state index contributed by atoms with van der Waals surface area (Å²) in [6, 6.07) is -0.630. The second-order valence-corrected chi connectivity index (χ2v) is 17.0. The second kappa shape index (κ2) is 43.2. The van der Waals surface area contributed by atoms with Crippen LogP contribution in [0.25, 0.3) is 0 Å². The molecule has 0 aliphatic carbocycles. The highest BCUT2D eigenvalue weighted by atomic mass is 16.6. The molecule has 0 radical (unpaired) electrons. The summed E-state index contributed by atoms with van der Waals surface area (Å²) in [5.74, 6) is -1.56. The summed E-state index contributed by atoms with van der Waals surface area (Å²) in [6.07, 6.45) is 56.3. The molecule has 1 N–H and O–H groups in total. The number of rotatable bonds is 42. The van der Waals surface area contributed by atoms with Gasteiger partial charge in [0.2, 0.25) is 0 Å². The summed E-state index contributed by atoms with van der Waals surface area (Å²) < 4.78 is 17.3. The van der Waals surface area contributed by atoms with E-state index in [0.29, 0.717) is 19.3 Å². The quantitative estimate of drug-likeness (QED) is 0.0283. The van der Waals surface area contributed by atoms with E-state index in [1.165, 1.54) is 77.0 Å². The van der Waals surface area contributed by atoms with E-state index in [0.717, 1.165) is 64.2 Å². The minimum absolute atomic E-state index is 0.0323. The maximum Gasteiger partial charge on any atom is 0.362 e. The molecule has 0 heterocycles. The van der Waals surface area contributed by atoms with Gasteiger partial charge in [0.05, 0.1) is 34.4 Å². The molecule has 0 aromatic carbocycles. The molecule has 0 aliphatic rings. The Balaban J connectivity index is 4.42. The average Bonchev–Trinajstić information content (AvgIpc) is 3.22. The number of esters is 2. The van der Waals surface area contributed by atoms with Gasteiger partial charge >= 0.3 is 17.9 Å². The summed E-state index contributed by atoms with van der Waals surface area (Å²) in [5, 5.41) is 9.64. The Labute approximate surface area is 373 Å². The van der Waals surface area contributed by atoms with Gasteiger partial charge < -0.3 is 23.8 Å². The lowest BCUT2D eigenvalue weighted by molar-refractivity contribution is -0.887. The maximum atomic E-state index is 12.7. The van der Waals surface area contributed by atoms with Crippen LogP contribution in [0.4, 0.5) is 0 Å². The van der Waals surface area contributed by atoms with E-state index in [4.69, 9.17) is 14.2 Å². The zero-order chi connectivity index (χ0) is 44.9. The largest absolute Gasteiger partial charge is 0.477 e. The summed E-state index contributed by atoms with van der Waals surface area (Å²) >= 11 is 0. The minimum atomic E-state index is -0.887. The molecule has 0 amide bonds. The van der Waals surface area contributed by atoms with Crippen molar-refractivity contribution in [1.29, 1.82) is 0 Å². The number of carbonyl (C=O) groups is 3. The van der Waals surface area contributed by atoms with Crippen LogP contribution in [-0.2, 0) is 28.6 Å². The highest BCUT2D eigenvalue weighted by Crippen LogP contribution is 2.13. The van der Waals surface area contributed by atoms with E-state index < -0.39 is 18.1 Å². The van der Waals surface area contributed by atoms with Crippen LogP contribution in [0.2, 0.25) is 0 Å². The normalized spacial score (nSPS) is 13.7. The lowest BCUT2D eigenvalue weighted by atomic mass is 10.1. The smallest absolute Gasteiger partial charge is 0.362 e. The number of ether oxygens (including phenoxy) is 3. The SMILES string of the molecule is CC/C=C/C/C=C/C/C=C/C/C=C/C/C=C/C/C=C/CCCC(=O)OC(COCCC(C(=O)O)[N+](C)(C)C)COC(=O)CCCCCCCCC/C=C/CCCCCCCC. The lowest BCUT2D eigenvalue weighted by Gasteiger charge is -2.31. The summed E-state index contributed by atoms with van der Waals surface area (Å²) in [4.78, 5) is 37.1. The standard InChI is InChI=1S/C53H89NO7/c1-6-8-10-12-14-16-18-20-22-24-25-26-28-30-32-34-36-38-40-42-44-52(56)61-49(47-59-46-45-50(53(57)58)54(3,4)5)48-60-51(55)43-41-39-37-35-33-31-29-27-23-21-19-17-15-13-11-9-7-2/h8,10,14,16,20-23,25-26,30,32,36,38,49-50H,6-7,9,11-13,15,17-19,24,27-29,31,33-35,37,39-48H2,1-5H3/p+1/b10-8+,16-14+,22-20+,23-21+,26-25+,32-30+,38-36+. The van der Waals surface area contributed by atoms with E-state index in [9.17, 15) is 19.5 Å². The van der Waals surface area contributed by atoms with E-state index in [2.05, 4.69) is 98.9 Å². The molecule has 0 bridgehead atoms. The van der Waals surface area contributed by atoms with Crippen molar-refractivity contribution >= 4 is 17.9 Å². The Morgan fingerprint density at radius 3 is 1.43 bits per heavy atom. The molecule has 0 aliphatic heterocycles. The molecule has 0 saturated heterocycles. The van der Waals surface area contributed by atoms with Crippen molar-refractivity contribution in [3.63, 3.8) is 0 Å². The molecule has 0 aromatic rings. The number of likely N-dealkylation sites (N-methyl/N-ethyl adjacent to an activating group) is 1. The Kier molecular flexibility index (Phi) is 40.7. The van der Waals surface area contributed by atoms with Gasteiger partial charge in [-0.05, 0) is 83.5 Å². The molecule has 348 valence electrons. The first-order valence-corrected chi connectivity index (χ1v) is 24.1. The van der Waals surface area contributed by atoms with Crippen LogP contribution in [0, 0.1) is 0 Å². The first-order valence-electron chi connectivity index (χ1n) is 24.1. The summed E-state index contributed by atoms with van der Waals surface area (Å²) in [7, 11) is 5.50. The number of hydrogen-bond donors (Lipinski definition) is 1. The summed E-state index contributed by atoms with van der Waals surface area (Å²) in [6.45, 7) is 4.55. The van der Waals surface area contributed by atoms with Crippen LogP contribution in [0.3, 0.4) is 0 Å². The fourth-order valence-electron chi connectivity index (χ4n) is 6.57. The fraction of sp³-hybridized carbons (Fsp3) is 0.679. The van der Waals surface area contributed by atoms with Crippen molar-refractivity contribution in [2.45, 2.75) is 193 Å². The van der Waals surface area contributed by atoms with E-state index in [1.54, 1.807) is 0 Å². The van der Waals surface area contributed by atoms with E-state index in [1.807, 2.05) is 21.1 Å². The van der Waals surface area contributed by atoms with Crippen molar-refractivity contribution in [2.75, 3.05) is 41.0 Å². The Hall–Kier alpha value is -3.49. The molecule has 61 heavy (non-hydrogen) atoms. The Morgan fingerprint density at radius 2 is 0.934 bits per heavy atom. The van der Waals surface area contributed by atoms with E-state index in [-0.39, 0.29) is 42.7 Å². The highest BCUT2D eigenvalue weighted by Gasteiger charge is 2.31. The third-order valence-corrected chi connectivity index (χ3v) is 10.3. The van der Waals surface area contributed by atoms with Gasteiger partial charge in [-0.25, -0.2) is 4.79 Å². The fourth-order valence-corrected chi connectivity index (χ4v) is 6.57. The van der Waals surface area contributed by atoms with Gasteiger partial charge in [0.15, 0.2) is 12.1 Å². The number of allylic oxidation sites excluding steroid dienone is 14. The average molecular weight is 853 g/mol. The molecule has 0 rings (SSSR count). The number of hydrogen-bond acceptors (Lipinski definition) is 6. The van der Waals surface area contributed by atoms with Gasteiger partial charge in [-0.3, -0.25) is 9.59 Å². The van der Waals surface area contributed by atoms with E-state index >= 15 is 0 Å². The van der Waals surface area contributed by atoms with Crippen molar-refractivity contribution < 1.29 is 38.2 Å². The van der Waals surface area contributed by atoms with Gasteiger partial charge in [-0.1, -0.05) is 163 Å². The first kappa shape index (κ1) is 57.5. The molecule has 2 atom stereocenters. The van der Waals surface area contributed by atoms with Gasteiger partial charge in [-0.2, -0.15) is 0 Å². The van der Waals surface area contributed by atoms with Crippen LogP contribution in [-0.4, -0.2) is 80.6 Å². The van der Waals surface area contributed by atoms with Crippen LogP contribution in [0.5, 0.6) is 0 Å². The van der Waals surface area contributed by atoms with Crippen LogP contribution < -0.4 is 0 Å². The molecule has 8 nitrogen and oxygen atoms in total. The molecular formula is C53H90NO7+. The predicted octanol–water partition coefficient (Wildman–Crippen LogP) is 13.7. The van der Waals surface area contributed by atoms with Crippen LogP contribution in [0.1, 0.15) is 181 Å². The number of carbonyl (C=O) groups excluding carboxylic acids is 2. The summed E-state index contributed by atoms with van der Waals surface area (Å²) in [5.41, 5.74) is 0. The number of aliphatic carboxylic acids is 1. The van der Waals surface area contributed by atoms with Crippen molar-refractivity contribution in [2.24, 2.45) is 0 Å². The molecule has 0 aromatic heterocycles. The zero-order valence-electron chi connectivity index (χ0n) is 39.6. The maximum absolute atomic E-state index is 12.7.